The van der Waals surface area contributed by atoms with Crippen molar-refractivity contribution in [2.75, 3.05) is 13.7 Å². The van der Waals surface area contributed by atoms with Crippen molar-refractivity contribution in [3.63, 3.8) is 0 Å². The van der Waals surface area contributed by atoms with Crippen LogP contribution in [0.4, 0.5) is 0 Å². The van der Waals surface area contributed by atoms with Crippen LogP contribution in [-0.2, 0) is 6.42 Å². The summed E-state index contributed by atoms with van der Waals surface area (Å²) in [5.41, 5.74) is 3.85. The minimum atomic E-state index is 0.173. The van der Waals surface area contributed by atoms with Crippen molar-refractivity contribution < 1.29 is 9.84 Å². The molecule has 0 spiro atoms. The van der Waals surface area contributed by atoms with Gasteiger partial charge in [0.1, 0.15) is 5.75 Å². The van der Waals surface area contributed by atoms with Gasteiger partial charge in [-0.15, -0.1) is 0 Å². The molecule has 3 nitrogen and oxygen atoms in total. The van der Waals surface area contributed by atoms with E-state index in [-0.39, 0.29) is 12.6 Å². The van der Waals surface area contributed by atoms with Crippen molar-refractivity contribution >= 4 is 0 Å². The number of nitrogens with one attached hydrogen (secondary N) is 1. The molecule has 0 saturated heterocycles. The number of aliphatic hydroxyl groups excluding tert-OH is 1. The quantitative estimate of drug-likeness (QED) is 0.776. The first-order valence-corrected chi connectivity index (χ1v) is 8.68. The van der Waals surface area contributed by atoms with Crippen molar-refractivity contribution in [3.8, 4) is 5.75 Å². The number of aryl methyl sites for hydroxylation is 1. The molecule has 128 valence electrons. The van der Waals surface area contributed by atoms with E-state index in [2.05, 4.69) is 36.5 Å². The Labute approximate surface area is 141 Å². The standard InChI is InChI=1S/C18H25NO2.C2H6/c1-3-6-14-11-16(13-17(12-14)21-2)18-15(8-5-10-20)7-4-9-19-18;1-2/h4,7,9,11-13,18-20H,3,5-6,8,10H2,1-2H3;1-2H3. The average molecular weight is 317 g/mol. The summed E-state index contributed by atoms with van der Waals surface area (Å²) in [5.74, 6) is 0.911. The third kappa shape index (κ3) is 5.76. The van der Waals surface area contributed by atoms with Gasteiger partial charge < -0.3 is 15.2 Å². The molecule has 0 bridgehead atoms. The van der Waals surface area contributed by atoms with Crippen molar-refractivity contribution in [3.05, 3.63) is 53.3 Å². The Morgan fingerprint density at radius 3 is 2.61 bits per heavy atom. The van der Waals surface area contributed by atoms with Crippen molar-refractivity contribution in [2.24, 2.45) is 0 Å². The van der Waals surface area contributed by atoms with Crippen molar-refractivity contribution in [2.45, 2.75) is 52.5 Å². The second-order valence-electron chi connectivity index (χ2n) is 5.39. The Morgan fingerprint density at radius 2 is 1.96 bits per heavy atom. The van der Waals surface area contributed by atoms with Crippen LogP contribution >= 0.6 is 0 Å². The summed E-state index contributed by atoms with van der Waals surface area (Å²) in [5, 5.41) is 12.5. The van der Waals surface area contributed by atoms with Crippen molar-refractivity contribution in [1.29, 1.82) is 0 Å². The van der Waals surface area contributed by atoms with E-state index in [4.69, 9.17) is 9.84 Å². The molecule has 0 aromatic heterocycles. The highest BCUT2D eigenvalue weighted by Crippen LogP contribution is 2.31. The lowest BCUT2D eigenvalue weighted by Crippen LogP contribution is -2.20. The van der Waals surface area contributed by atoms with Gasteiger partial charge in [-0.25, -0.2) is 0 Å². The average Bonchev–Trinajstić information content (AvgIpc) is 2.62. The van der Waals surface area contributed by atoms with E-state index >= 15 is 0 Å². The van der Waals surface area contributed by atoms with Crippen LogP contribution in [0.25, 0.3) is 0 Å². The fourth-order valence-corrected chi connectivity index (χ4v) is 2.75. The van der Waals surface area contributed by atoms with E-state index in [1.54, 1.807) is 7.11 Å². The lowest BCUT2D eigenvalue weighted by molar-refractivity contribution is 0.287. The maximum atomic E-state index is 9.06. The molecule has 0 radical (unpaired) electrons. The van der Waals surface area contributed by atoms with Gasteiger partial charge in [-0.1, -0.05) is 39.3 Å². The van der Waals surface area contributed by atoms with Gasteiger partial charge in [0.25, 0.3) is 0 Å². The highest BCUT2D eigenvalue weighted by molar-refractivity contribution is 5.41. The summed E-state index contributed by atoms with van der Waals surface area (Å²) >= 11 is 0. The van der Waals surface area contributed by atoms with E-state index in [9.17, 15) is 0 Å². The zero-order valence-electron chi connectivity index (χ0n) is 14.9. The predicted molar refractivity (Wildman–Crippen MR) is 97.8 cm³/mol. The molecular formula is C20H31NO2. The second-order valence-corrected chi connectivity index (χ2v) is 5.39. The van der Waals surface area contributed by atoms with Gasteiger partial charge in [-0.05, 0) is 60.4 Å². The summed E-state index contributed by atoms with van der Waals surface area (Å²) in [7, 11) is 1.71. The van der Waals surface area contributed by atoms with Gasteiger partial charge in [0.15, 0.2) is 0 Å². The van der Waals surface area contributed by atoms with Crippen LogP contribution in [0, 0.1) is 0 Å². The lowest BCUT2D eigenvalue weighted by atomic mass is 9.91. The van der Waals surface area contributed by atoms with E-state index < -0.39 is 0 Å². The number of ether oxygens (including phenoxy) is 1. The third-order valence-corrected chi connectivity index (χ3v) is 3.76. The van der Waals surface area contributed by atoms with Crippen LogP contribution in [0.15, 0.2) is 42.1 Å². The highest BCUT2D eigenvalue weighted by atomic mass is 16.5. The maximum absolute atomic E-state index is 9.06. The molecule has 0 aliphatic carbocycles. The van der Waals surface area contributed by atoms with Crippen LogP contribution in [0.3, 0.4) is 0 Å². The summed E-state index contributed by atoms with van der Waals surface area (Å²) in [6.45, 7) is 6.42. The molecular weight excluding hydrogens is 286 g/mol. The molecule has 1 aliphatic rings. The van der Waals surface area contributed by atoms with Gasteiger partial charge >= 0.3 is 0 Å². The number of benzene rings is 1. The van der Waals surface area contributed by atoms with E-state index in [1.165, 1.54) is 16.7 Å². The maximum Gasteiger partial charge on any atom is 0.119 e. The second kappa shape index (κ2) is 10.9. The van der Waals surface area contributed by atoms with Crippen LogP contribution < -0.4 is 10.1 Å². The Morgan fingerprint density at radius 1 is 1.17 bits per heavy atom. The first-order chi connectivity index (χ1) is 11.3. The van der Waals surface area contributed by atoms with Gasteiger partial charge in [0.05, 0.1) is 13.2 Å². The SMILES string of the molecule is CC.CCCc1cc(OC)cc(C2NC=CC=C2CCCO)c1. The largest absolute Gasteiger partial charge is 0.497 e. The molecule has 1 aliphatic heterocycles. The van der Waals surface area contributed by atoms with Gasteiger partial charge in [0, 0.05) is 6.61 Å². The highest BCUT2D eigenvalue weighted by Gasteiger charge is 2.18. The van der Waals surface area contributed by atoms with Gasteiger partial charge in [0.2, 0.25) is 0 Å². The Bertz CT molecular complexity index is 520. The smallest absolute Gasteiger partial charge is 0.119 e. The molecule has 0 amide bonds. The minimum absolute atomic E-state index is 0.173. The number of allylic oxidation sites excluding steroid dienone is 2. The van der Waals surface area contributed by atoms with Gasteiger partial charge in [-0.2, -0.15) is 0 Å². The molecule has 2 N–H and O–H groups in total. The van der Waals surface area contributed by atoms with Crippen molar-refractivity contribution in [1.82, 2.24) is 5.32 Å². The Kier molecular flexibility index (Phi) is 9.15. The third-order valence-electron chi connectivity index (χ3n) is 3.76. The van der Waals surface area contributed by atoms with Crippen LogP contribution in [0.1, 0.15) is 57.2 Å². The lowest BCUT2D eigenvalue weighted by Gasteiger charge is -2.25. The molecule has 0 fully saturated rings. The fraction of sp³-hybridized carbons (Fsp3) is 0.500. The van der Waals surface area contributed by atoms with Crippen LogP contribution in [-0.4, -0.2) is 18.8 Å². The van der Waals surface area contributed by atoms with E-state index in [1.807, 2.05) is 26.1 Å². The molecule has 0 saturated carbocycles. The normalized spacial score (nSPS) is 16.0. The number of aliphatic hydroxyl groups is 1. The van der Waals surface area contributed by atoms with Crippen LogP contribution in [0.2, 0.25) is 0 Å². The molecule has 23 heavy (non-hydrogen) atoms. The fourth-order valence-electron chi connectivity index (χ4n) is 2.75. The van der Waals surface area contributed by atoms with Gasteiger partial charge in [-0.3, -0.25) is 0 Å². The summed E-state index contributed by atoms with van der Waals surface area (Å²) in [6, 6.07) is 6.65. The summed E-state index contributed by atoms with van der Waals surface area (Å²) in [4.78, 5) is 0. The zero-order chi connectivity index (χ0) is 17.1. The Balaban J connectivity index is 0.00000127. The molecule has 2 rings (SSSR count). The first-order valence-electron chi connectivity index (χ1n) is 8.68. The molecule has 1 heterocycles. The topological polar surface area (TPSA) is 41.5 Å². The zero-order valence-corrected chi connectivity index (χ0v) is 14.9. The molecule has 1 aromatic rings. The summed E-state index contributed by atoms with van der Waals surface area (Å²) in [6.07, 6.45) is 10.0. The Hall–Kier alpha value is -1.74. The summed E-state index contributed by atoms with van der Waals surface area (Å²) < 4.78 is 5.44. The van der Waals surface area contributed by atoms with Crippen LogP contribution in [0.5, 0.6) is 5.75 Å². The molecule has 1 aromatic carbocycles. The number of hydrogen-bond donors (Lipinski definition) is 2. The van der Waals surface area contributed by atoms with E-state index in [0.717, 1.165) is 31.4 Å². The predicted octanol–water partition coefficient (Wildman–Crippen LogP) is 4.53. The number of rotatable bonds is 7. The molecule has 1 atom stereocenters. The van der Waals surface area contributed by atoms with E-state index in [0.29, 0.717) is 0 Å². The molecule has 1 unspecified atom stereocenters. The number of methoxy groups -OCH3 is 1. The monoisotopic (exact) mass is 317 g/mol. The minimum Gasteiger partial charge on any atom is -0.497 e. The number of hydrogen-bond acceptors (Lipinski definition) is 3. The molecule has 3 heteroatoms. The first kappa shape index (κ1) is 19.3. The number of dihydropyridines is 1.